The maximum Gasteiger partial charge on any atom is 0.339 e. The number of aliphatic hydroxyl groups excluding tert-OH is 1. The summed E-state index contributed by atoms with van der Waals surface area (Å²) in [7, 11) is 0. The summed E-state index contributed by atoms with van der Waals surface area (Å²) in [6.45, 7) is 10.5. The van der Waals surface area contributed by atoms with Crippen LogP contribution in [0, 0.1) is 33.5 Å². The Morgan fingerprint density at radius 1 is 1.06 bits per heavy atom. The Morgan fingerprint density at radius 3 is 2.50 bits per heavy atom. The van der Waals surface area contributed by atoms with Gasteiger partial charge in [-0.05, 0) is 48.7 Å². The second-order valence-electron chi connectivity index (χ2n) is 12.0. The third-order valence-corrected chi connectivity index (χ3v) is 10.6. The number of aliphatic hydroxyl groups is 1. The predicted molar refractivity (Wildman–Crippen MR) is 114 cm³/mol. The van der Waals surface area contributed by atoms with Crippen molar-refractivity contribution in [3.8, 4) is 0 Å². The van der Waals surface area contributed by atoms with Gasteiger partial charge in [0, 0.05) is 21.8 Å². The number of hydrogen-bond donors (Lipinski definition) is 1. The van der Waals surface area contributed by atoms with Crippen molar-refractivity contribution in [2.24, 2.45) is 33.5 Å². The summed E-state index contributed by atoms with van der Waals surface area (Å²) in [6.07, 6.45) is 7.39. The number of rotatable bonds is 1. The number of ketones is 1. The molecule has 2 aliphatic heterocycles. The molecule has 1 spiro atoms. The molecule has 6 rings (SSSR count). The van der Waals surface area contributed by atoms with E-state index in [0.29, 0.717) is 6.42 Å². The van der Waals surface area contributed by atoms with Crippen LogP contribution in [0.2, 0.25) is 0 Å². The lowest BCUT2D eigenvalue weighted by Crippen LogP contribution is -2.72. The smallest absolute Gasteiger partial charge is 0.339 e. The second-order valence-corrected chi connectivity index (χ2v) is 12.0. The molecular formula is C26H32O6. The maximum atomic E-state index is 13.0. The lowest BCUT2D eigenvalue weighted by molar-refractivity contribution is -0.246. The zero-order valence-corrected chi connectivity index (χ0v) is 19.4. The SMILES string of the molecule is CC1(C)C(=O)C=C[C@]2(C)[C@@H]1C[C@@H](O)[C@]1(C)[C@H]2CC[C@@]2(C)[C@H](c3ccoc3)OC(=O)[C@H]3O[C@]312. The molecule has 0 radical (unpaired) electrons. The van der Waals surface area contributed by atoms with Crippen LogP contribution < -0.4 is 0 Å². The first-order chi connectivity index (χ1) is 14.9. The largest absolute Gasteiger partial charge is 0.472 e. The third kappa shape index (κ3) is 1.98. The van der Waals surface area contributed by atoms with E-state index in [4.69, 9.17) is 13.9 Å². The lowest BCUT2D eigenvalue weighted by Gasteiger charge is -2.68. The van der Waals surface area contributed by atoms with E-state index in [-0.39, 0.29) is 29.0 Å². The molecule has 6 heteroatoms. The monoisotopic (exact) mass is 440 g/mol. The molecule has 6 nitrogen and oxygen atoms in total. The van der Waals surface area contributed by atoms with Gasteiger partial charge >= 0.3 is 5.97 Å². The number of hydrogen-bond acceptors (Lipinski definition) is 6. The molecule has 1 N–H and O–H groups in total. The molecule has 2 saturated heterocycles. The normalized spacial score (nSPS) is 52.9. The molecule has 0 aromatic carbocycles. The number of carbonyl (C=O) groups is 2. The average molecular weight is 441 g/mol. The highest BCUT2D eigenvalue weighted by atomic mass is 16.7. The molecule has 3 heterocycles. The summed E-state index contributed by atoms with van der Waals surface area (Å²) in [4.78, 5) is 25.8. The number of ether oxygens (including phenoxy) is 2. The van der Waals surface area contributed by atoms with Crippen molar-refractivity contribution < 1.29 is 28.6 Å². The highest BCUT2D eigenvalue weighted by Gasteiger charge is 2.87. The predicted octanol–water partition coefficient (Wildman–Crippen LogP) is 3.99. The molecule has 4 fully saturated rings. The van der Waals surface area contributed by atoms with Gasteiger partial charge in [-0.3, -0.25) is 4.79 Å². The Bertz CT molecular complexity index is 1040. The van der Waals surface area contributed by atoms with Gasteiger partial charge in [-0.1, -0.05) is 40.7 Å². The second kappa shape index (κ2) is 5.76. The molecular weight excluding hydrogens is 408 g/mol. The van der Waals surface area contributed by atoms with Gasteiger partial charge in [0.05, 0.1) is 18.6 Å². The summed E-state index contributed by atoms with van der Waals surface area (Å²) in [5, 5.41) is 11.8. The molecule has 9 atom stereocenters. The minimum atomic E-state index is -0.812. The number of cyclic esters (lactones) is 1. The van der Waals surface area contributed by atoms with Crippen LogP contribution >= 0.6 is 0 Å². The molecule has 0 amide bonds. The quantitative estimate of drug-likeness (QED) is 0.525. The fourth-order valence-corrected chi connectivity index (χ4v) is 8.86. The van der Waals surface area contributed by atoms with Crippen molar-refractivity contribution >= 4 is 11.8 Å². The lowest BCUT2D eigenvalue weighted by atomic mass is 9.36. The van der Waals surface area contributed by atoms with Crippen LogP contribution in [0.25, 0.3) is 0 Å². The van der Waals surface area contributed by atoms with E-state index in [9.17, 15) is 14.7 Å². The van der Waals surface area contributed by atoms with Gasteiger partial charge in [0.2, 0.25) is 0 Å². The minimum Gasteiger partial charge on any atom is -0.472 e. The molecule has 172 valence electrons. The summed E-state index contributed by atoms with van der Waals surface area (Å²) in [5.41, 5.74) is -1.95. The molecule has 1 aromatic heterocycles. The van der Waals surface area contributed by atoms with E-state index >= 15 is 0 Å². The third-order valence-electron chi connectivity index (χ3n) is 10.6. The Hall–Kier alpha value is -1.92. The molecule has 32 heavy (non-hydrogen) atoms. The zero-order valence-electron chi connectivity index (χ0n) is 19.4. The van der Waals surface area contributed by atoms with E-state index in [1.165, 1.54) is 0 Å². The van der Waals surface area contributed by atoms with Gasteiger partial charge < -0.3 is 19.0 Å². The van der Waals surface area contributed by atoms with Gasteiger partial charge in [-0.2, -0.15) is 0 Å². The number of carbonyl (C=O) groups excluding carboxylic acids is 2. The van der Waals surface area contributed by atoms with E-state index in [2.05, 4.69) is 26.8 Å². The van der Waals surface area contributed by atoms with E-state index in [1.54, 1.807) is 18.6 Å². The topological polar surface area (TPSA) is 89.3 Å². The van der Waals surface area contributed by atoms with Gasteiger partial charge in [0.15, 0.2) is 11.9 Å². The molecule has 0 bridgehead atoms. The maximum absolute atomic E-state index is 13.0. The first-order valence-electron chi connectivity index (χ1n) is 11.8. The number of fused-ring (bicyclic) bond motifs is 3. The molecule has 2 saturated carbocycles. The molecule has 1 aromatic rings. The van der Waals surface area contributed by atoms with Crippen molar-refractivity contribution in [2.45, 2.75) is 77.8 Å². The number of esters is 1. The Balaban J connectivity index is 1.52. The fraction of sp³-hybridized carbons (Fsp3) is 0.692. The van der Waals surface area contributed by atoms with Crippen LogP contribution in [0.15, 0.2) is 35.2 Å². The summed E-state index contributed by atoms with van der Waals surface area (Å²) in [6, 6.07) is 1.85. The van der Waals surface area contributed by atoms with Crippen molar-refractivity contribution in [3.63, 3.8) is 0 Å². The van der Waals surface area contributed by atoms with Gasteiger partial charge in [0.25, 0.3) is 0 Å². The zero-order chi connectivity index (χ0) is 22.9. The molecule has 0 unspecified atom stereocenters. The summed E-state index contributed by atoms with van der Waals surface area (Å²) in [5.74, 6) is -0.138. The standard InChI is InChI=1S/C26H32O6/c1-22(2)16-12-18(28)25(5)15(23(16,3)9-7-17(22)27)6-10-24(4)19(14-8-11-30-13-14)31-21(29)20-26(24,25)32-20/h7-9,11,13,15-16,18-20,28H,6,10,12H2,1-5H3/t15-,16+,18+,19-,20+,23-,24-,25-,26-/m0/s1. The Morgan fingerprint density at radius 2 is 1.81 bits per heavy atom. The fourth-order valence-electron chi connectivity index (χ4n) is 8.86. The van der Waals surface area contributed by atoms with Crippen molar-refractivity contribution in [1.82, 2.24) is 0 Å². The van der Waals surface area contributed by atoms with Crippen LogP contribution in [0.5, 0.6) is 0 Å². The minimum absolute atomic E-state index is 0.0266. The Kier molecular flexibility index (Phi) is 3.72. The van der Waals surface area contributed by atoms with E-state index < -0.39 is 40.2 Å². The highest BCUT2D eigenvalue weighted by molar-refractivity contribution is 5.95. The van der Waals surface area contributed by atoms with Crippen molar-refractivity contribution in [3.05, 3.63) is 36.3 Å². The van der Waals surface area contributed by atoms with Gasteiger partial charge in [-0.15, -0.1) is 0 Å². The van der Waals surface area contributed by atoms with Crippen molar-refractivity contribution in [2.75, 3.05) is 0 Å². The van der Waals surface area contributed by atoms with E-state index in [0.717, 1.165) is 18.4 Å². The Labute approximate surface area is 188 Å². The van der Waals surface area contributed by atoms with Gasteiger partial charge in [-0.25, -0.2) is 4.79 Å². The molecule has 5 aliphatic rings. The number of epoxide rings is 1. The summed E-state index contributed by atoms with van der Waals surface area (Å²) < 4.78 is 17.6. The average Bonchev–Trinajstić information content (AvgIpc) is 3.30. The first-order valence-corrected chi connectivity index (χ1v) is 11.8. The number of furan rings is 1. The molecule has 3 aliphatic carbocycles. The first kappa shape index (κ1) is 20.7. The van der Waals surface area contributed by atoms with Crippen LogP contribution in [-0.4, -0.2) is 34.7 Å². The summed E-state index contributed by atoms with van der Waals surface area (Å²) >= 11 is 0. The highest BCUT2D eigenvalue weighted by Crippen LogP contribution is 2.79. The van der Waals surface area contributed by atoms with Crippen LogP contribution in [0.3, 0.4) is 0 Å². The van der Waals surface area contributed by atoms with Gasteiger partial charge in [0.1, 0.15) is 11.7 Å². The van der Waals surface area contributed by atoms with Crippen molar-refractivity contribution in [1.29, 1.82) is 0 Å². The van der Waals surface area contributed by atoms with Crippen LogP contribution in [0.4, 0.5) is 0 Å². The van der Waals surface area contributed by atoms with Crippen LogP contribution in [0.1, 0.15) is 65.5 Å². The van der Waals surface area contributed by atoms with Crippen LogP contribution in [-0.2, 0) is 19.1 Å². The van der Waals surface area contributed by atoms with E-state index in [1.807, 2.05) is 19.9 Å². The number of allylic oxidation sites excluding steroid dienone is 2.